The molecule has 4 aromatic carbocycles. The number of aliphatic hydroxyl groups excluding tert-OH is 2. The van der Waals surface area contributed by atoms with Gasteiger partial charge < -0.3 is 10.2 Å². The van der Waals surface area contributed by atoms with Gasteiger partial charge in [0.25, 0.3) is 0 Å². The van der Waals surface area contributed by atoms with Crippen molar-refractivity contribution in [3.63, 3.8) is 0 Å². The van der Waals surface area contributed by atoms with E-state index in [9.17, 15) is 10.2 Å². The molecule has 2 nitrogen and oxygen atoms in total. The number of rotatable bonds is 1. The molecule has 23 heavy (non-hydrogen) atoms. The average molecular weight is 300 g/mol. The average Bonchev–Trinajstić information content (AvgIpc) is 2.94. The molecule has 0 heterocycles. The minimum Gasteiger partial charge on any atom is -0.392 e. The fourth-order valence-corrected chi connectivity index (χ4v) is 4.17. The Kier molecular flexibility index (Phi) is 2.58. The molecular weight excluding hydrogens is 284 g/mol. The van der Waals surface area contributed by atoms with Gasteiger partial charge in [0.05, 0.1) is 12.7 Å². The lowest BCUT2D eigenvalue weighted by atomic mass is 9.93. The van der Waals surface area contributed by atoms with E-state index in [-0.39, 0.29) is 6.61 Å². The summed E-state index contributed by atoms with van der Waals surface area (Å²) < 4.78 is 0. The van der Waals surface area contributed by atoms with Gasteiger partial charge in [-0.25, -0.2) is 0 Å². The van der Waals surface area contributed by atoms with Crippen LogP contribution in [0.15, 0.2) is 54.6 Å². The highest BCUT2D eigenvalue weighted by molar-refractivity contribution is 6.15. The molecule has 5 rings (SSSR count). The molecule has 2 N–H and O–H groups in total. The zero-order valence-corrected chi connectivity index (χ0v) is 12.6. The predicted octanol–water partition coefficient (Wildman–Crippen LogP) is 4.23. The third-order valence-corrected chi connectivity index (χ3v) is 5.17. The quantitative estimate of drug-likeness (QED) is 0.408. The van der Waals surface area contributed by atoms with Crippen LogP contribution >= 0.6 is 0 Å². The van der Waals surface area contributed by atoms with Crippen LogP contribution < -0.4 is 0 Å². The maximum absolute atomic E-state index is 10.5. The summed E-state index contributed by atoms with van der Waals surface area (Å²) in [6.45, 7) is -0.0302. The van der Waals surface area contributed by atoms with Crippen molar-refractivity contribution < 1.29 is 10.2 Å². The molecule has 0 unspecified atom stereocenters. The molecule has 0 saturated heterocycles. The Bertz CT molecular complexity index is 1100. The third kappa shape index (κ3) is 1.65. The van der Waals surface area contributed by atoms with Gasteiger partial charge in [0.2, 0.25) is 0 Å². The van der Waals surface area contributed by atoms with E-state index >= 15 is 0 Å². The molecule has 0 bridgehead atoms. The first-order valence-corrected chi connectivity index (χ1v) is 7.95. The van der Waals surface area contributed by atoms with Crippen LogP contribution in [0.3, 0.4) is 0 Å². The topological polar surface area (TPSA) is 40.5 Å². The summed E-state index contributed by atoms with van der Waals surface area (Å²) in [5, 5.41) is 27.3. The Balaban J connectivity index is 2.02. The van der Waals surface area contributed by atoms with Crippen molar-refractivity contribution in [2.75, 3.05) is 0 Å². The molecule has 4 aromatic rings. The minimum atomic E-state index is -0.520. The summed E-state index contributed by atoms with van der Waals surface area (Å²) in [5.74, 6) is 0. The minimum absolute atomic E-state index is 0.0302. The van der Waals surface area contributed by atoms with E-state index < -0.39 is 6.10 Å². The largest absolute Gasteiger partial charge is 0.392 e. The lowest BCUT2D eigenvalue weighted by Gasteiger charge is -2.11. The standard InChI is InChI=1S/C21H16O2/c22-11-14-6-5-13-9-17-15-4-2-1-3-12(15)7-8-16(17)18-10-19(23)21(14)20(13)18/h1-9,19,22-23H,10-11H2/t19-/m0/s1. The SMILES string of the molecule is OCc1ccc2cc3c(ccc4ccccc43)c3c2c1[C@@H](O)C3. The molecule has 0 fully saturated rings. The van der Waals surface area contributed by atoms with Crippen LogP contribution in [0.4, 0.5) is 0 Å². The second kappa shape index (κ2) is 4.54. The lowest BCUT2D eigenvalue weighted by Crippen LogP contribution is -1.98. The van der Waals surface area contributed by atoms with Crippen molar-refractivity contribution in [2.24, 2.45) is 0 Å². The molecule has 112 valence electrons. The van der Waals surface area contributed by atoms with E-state index in [1.165, 1.54) is 27.1 Å². The molecule has 0 aliphatic heterocycles. The first-order chi connectivity index (χ1) is 11.3. The van der Waals surface area contributed by atoms with E-state index in [0.717, 1.165) is 21.9 Å². The van der Waals surface area contributed by atoms with E-state index in [1.807, 2.05) is 6.07 Å². The first kappa shape index (κ1) is 13.1. The lowest BCUT2D eigenvalue weighted by molar-refractivity contribution is 0.181. The number of benzene rings is 4. The number of aliphatic hydroxyl groups is 2. The van der Waals surface area contributed by atoms with Crippen LogP contribution in [-0.2, 0) is 13.0 Å². The molecular formula is C21H16O2. The second-order valence-electron chi connectivity index (χ2n) is 6.35. The van der Waals surface area contributed by atoms with Crippen molar-refractivity contribution >= 4 is 32.3 Å². The highest BCUT2D eigenvalue weighted by Gasteiger charge is 2.27. The van der Waals surface area contributed by atoms with Gasteiger partial charge in [-0.05, 0) is 55.1 Å². The summed E-state index contributed by atoms with van der Waals surface area (Å²) in [7, 11) is 0. The van der Waals surface area contributed by atoms with Crippen molar-refractivity contribution in [1.82, 2.24) is 0 Å². The Labute approximate surface area is 133 Å². The molecule has 0 amide bonds. The fourth-order valence-electron chi connectivity index (χ4n) is 4.17. The second-order valence-corrected chi connectivity index (χ2v) is 6.35. The maximum atomic E-state index is 10.5. The van der Waals surface area contributed by atoms with Gasteiger partial charge in [-0.1, -0.05) is 48.5 Å². The summed E-state index contributed by atoms with van der Waals surface area (Å²) in [5.41, 5.74) is 2.96. The van der Waals surface area contributed by atoms with Gasteiger partial charge in [0.1, 0.15) is 0 Å². The summed E-state index contributed by atoms with van der Waals surface area (Å²) in [6, 6.07) is 19.0. The third-order valence-electron chi connectivity index (χ3n) is 5.17. The van der Waals surface area contributed by atoms with Crippen LogP contribution in [0.5, 0.6) is 0 Å². The smallest absolute Gasteiger partial charge is 0.0840 e. The van der Waals surface area contributed by atoms with Crippen LogP contribution in [0.2, 0.25) is 0 Å². The molecule has 1 aliphatic rings. The predicted molar refractivity (Wildman–Crippen MR) is 93.5 cm³/mol. The van der Waals surface area contributed by atoms with Gasteiger partial charge in [-0.2, -0.15) is 0 Å². The van der Waals surface area contributed by atoms with Crippen molar-refractivity contribution in [3.8, 4) is 0 Å². The summed E-state index contributed by atoms with van der Waals surface area (Å²) in [6.07, 6.45) is 0.103. The monoisotopic (exact) mass is 300 g/mol. The molecule has 0 spiro atoms. The Morgan fingerprint density at radius 1 is 0.870 bits per heavy atom. The van der Waals surface area contributed by atoms with Crippen molar-refractivity contribution in [1.29, 1.82) is 0 Å². The van der Waals surface area contributed by atoms with Crippen molar-refractivity contribution in [2.45, 2.75) is 19.1 Å². The van der Waals surface area contributed by atoms with Crippen LogP contribution in [0.25, 0.3) is 32.3 Å². The first-order valence-electron chi connectivity index (χ1n) is 7.95. The zero-order chi connectivity index (χ0) is 15.6. The molecule has 1 aliphatic carbocycles. The number of fused-ring (bicyclic) bond motifs is 4. The van der Waals surface area contributed by atoms with Crippen LogP contribution in [0, 0.1) is 0 Å². The normalized spacial score (nSPS) is 16.7. The van der Waals surface area contributed by atoms with Crippen LogP contribution in [0.1, 0.15) is 22.8 Å². The van der Waals surface area contributed by atoms with Crippen LogP contribution in [-0.4, -0.2) is 10.2 Å². The summed E-state index contributed by atoms with van der Waals surface area (Å²) >= 11 is 0. The van der Waals surface area contributed by atoms with E-state index in [1.54, 1.807) is 0 Å². The number of hydrogen-bond acceptors (Lipinski definition) is 2. The molecule has 1 atom stereocenters. The van der Waals surface area contributed by atoms with Gasteiger partial charge >= 0.3 is 0 Å². The number of hydrogen-bond donors (Lipinski definition) is 2. The van der Waals surface area contributed by atoms with Gasteiger partial charge in [0, 0.05) is 6.42 Å². The highest BCUT2D eigenvalue weighted by atomic mass is 16.3. The van der Waals surface area contributed by atoms with E-state index in [0.29, 0.717) is 6.42 Å². The summed E-state index contributed by atoms with van der Waals surface area (Å²) in [4.78, 5) is 0. The highest BCUT2D eigenvalue weighted by Crippen LogP contribution is 2.44. The van der Waals surface area contributed by atoms with Gasteiger partial charge in [-0.15, -0.1) is 0 Å². The zero-order valence-electron chi connectivity index (χ0n) is 12.6. The molecule has 0 aromatic heterocycles. The van der Waals surface area contributed by atoms with Crippen molar-refractivity contribution in [3.05, 3.63) is 71.3 Å². The maximum Gasteiger partial charge on any atom is 0.0840 e. The fraction of sp³-hybridized carbons (Fsp3) is 0.143. The molecule has 0 saturated carbocycles. The Morgan fingerprint density at radius 3 is 2.57 bits per heavy atom. The van der Waals surface area contributed by atoms with Gasteiger partial charge in [-0.3, -0.25) is 0 Å². The van der Waals surface area contributed by atoms with Gasteiger partial charge in [0.15, 0.2) is 0 Å². The Hall–Kier alpha value is -2.42. The van der Waals surface area contributed by atoms with E-state index in [2.05, 4.69) is 48.5 Å². The Morgan fingerprint density at radius 2 is 1.70 bits per heavy atom. The molecule has 2 heteroatoms. The van der Waals surface area contributed by atoms with E-state index in [4.69, 9.17) is 0 Å². The molecule has 0 radical (unpaired) electrons.